The van der Waals surface area contributed by atoms with E-state index in [2.05, 4.69) is 12.2 Å². The zero-order valence-corrected chi connectivity index (χ0v) is 10.9. The molecule has 4 heteroatoms. The van der Waals surface area contributed by atoms with Crippen molar-refractivity contribution >= 4 is 5.78 Å². The average molecular weight is 249 g/mol. The van der Waals surface area contributed by atoms with Gasteiger partial charge >= 0.3 is 0 Å². The standard InChI is InChI=1S/C14H19NO3/c1-3-4-7-15-10(2)14(16)11-5-6-12-13(8-11)18-9-17-12/h5-6,8,10,15H,3-4,7,9H2,1-2H3. The third kappa shape index (κ3) is 2.82. The summed E-state index contributed by atoms with van der Waals surface area (Å²) < 4.78 is 10.5. The van der Waals surface area contributed by atoms with Gasteiger partial charge in [0, 0.05) is 5.56 Å². The first-order chi connectivity index (χ1) is 8.72. The summed E-state index contributed by atoms with van der Waals surface area (Å²) >= 11 is 0. The Labute approximate surface area is 107 Å². The number of fused-ring (bicyclic) bond motifs is 1. The summed E-state index contributed by atoms with van der Waals surface area (Å²) in [5.74, 6) is 1.45. The molecule has 0 aliphatic carbocycles. The highest BCUT2D eigenvalue weighted by Gasteiger charge is 2.19. The van der Waals surface area contributed by atoms with Crippen LogP contribution < -0.4 is 14.8 Å². The predicted molar refractivity (Wildman–Crippen MR) is 69.3 cm³/mol. The van der Waals surface area contributed by atoms with Gasteiger partial charge in [0.2, 0.25) is 6.79 Å². The summed E-state index contributed by atoms with van der Waals surface area (Å²) in [4.78, 5) is 12.2. The fourth-order valence-electron chi connectivity index (χ4n) is 1.89. The minimum Gasteiger partial charge on any atom is -0.454 e. The van der Waals surface area contributed by atoms with Gasteiger partial charge < -0.3 is 14.8 Å². The lowest BCUT2D eigenvalue weighted by Crippen LogP contribution is -2.34. The first-order valence-corrected chi connectivity index (χ1v) is 6.39. The molecule has 1 heterocycles. The average Bonchev–Trinajstić information content (AvgIpc) is 2.85. The lowest BCUT2D eigenvalue weighted by Gasteiger charge is -2.12. The molecule has 0 fully saturated rings. The molecule has 4 nitrogen and oxygen atoms in total. The van der Waals surface area contributed by atoms with Crippen molar-refractivity contribution in [1.29, 1.82) is 0 Å². The van der Waals surface area contributed by atoms with Crippen molar-refractivity contribution in [2.24, 2.45) is 0 Å². The fourth-order valence-corrected chi connectivity index (χ4v) is 1.89. The minimum atomic E-state index is -0.170. The molecule has 1 aromatic rings. The van der Waals surface area contributed by atoms with E-state index in [0.29, 0.717) is 17.1 Å². The third-order valence-electron chi connectivity index (χ3n) is 3.03. The maximum absolute atomic E-state index is 12.2. The highest BCUT2D eigenvalue weighted by molar-refractivity contribution is 6.00. The maximum Gasteiger partial charge on any atom is 0.231 e. The fraction of sp³-hybridized carbons (Fsp3) is 0.500. The van der Waals surface area contributed by atoms with Gasteiger partial charge in [0.1, 0.15) is 0 Å². The summed E-state index contributed by atoms with van der Waals surface area (Å²) in [7, 11) is 0. The largest absolute Gasteiger partial charge is 0.454 e. The third-order valence-corrected chi connectivity index (χ3v) is 3.03. The SMILES string of the molecule is CCCCNC(C)C(=O)c1ccc2c(c1)OCO2. The molecule has 0 spiro atoms. The van der Waals surface area contributed by atoms with E-state index in [1.54, 1.807) is 18.2 Å². The molecule has 0 saturated carbocycles. The minimum absolute atomic E-state index is 0.0874. The van der Waals surface area contributed by atoms with Crippen molar-refractivity contribution < 1.29 is 14.3 Å². The predicted octanol–water partition coefficient (Wildman–Crippen LogP) is 2.38. The molecule has 1 N–H and O–H groups in total. The normalized spacial score (nSPS) is 14.6. The van der Waals surface area contributed by atoms with Crippen molar-refractivity contribution in [3.8, 4) is 11.5 Å². The van der Waals surface area contributed by atoms with E-state index < -0.39 is 0 Å². The highest BCUT2D eigenvalue weighted by Crippen LogP contribution is 2.32. The Morgan fingerprint density at radius 2 is 2.17 bits per heavy atom. The topological polar surface area (TPSA) is 47.6 Å². The quantitative estimate of drug-likeness (QED) is 0.621. The van der Waals surface area contributed by atoms with Crippen LogP contribution in [0.15, 0.2) is 18.2 Å². The number of hydrogen-bond acceptors (Lipinski definition) is 4. The summed E-state index contributed by atoms with van der Waals surface area (Å²) in [6, 6.07) is 5.15. The lowest BCUT2D eigenvalue weighted by atomic mass is 10.0. The zero-order chi connectivity index (χ0) is 13.0. The molecular weight excluding hydrogens is 230 g/mol. The van der Waals surface area contributed by atoms with Gasteiger partial charge in [0.15, 0.2) is 17.3 Å². The monoisotopic (exact) mass is 249 g/mol. The Morgan fingerprint density at radius 1 is 1.39 bits per heavy atom. The number of carbonyl (C=O) groups excluding carboxylic acids is 1. The van der Waals surface area contributed by atoms with Crippen LogP contribution >= 0.6 is 0 Å². The second kappa shape index (κ2) is 5.87. The number of ether oxygens (including phenoxy) is 2. The van der Waals surface area contributed by atoms with E-state index in [-0.39, 0.29) is 18.6 Å². The Balaban J connectivity index is 2.00. The Kier molecular flexibility index (Phi) is 4.20. The van der Waals surface area contributed by atoms with E-state index in [9.17, 15) is 4.79 Å². The Hall–Kier alpha value is -1.55. The van der Waals surface area contributed by atoms with Gasteiger partial charge in [-0.1, -0.05) is 13.3 Å². The lowest BCUT2D eigenvalue weighted by molar-refractivity contribution is 0.0950. The number of hydrogen-bond donors (Lipinski definition) is 1. The molecule has 1 atom stereocenters. The van der Waals surface area contributed by atoms with Crippen LogP contribution in [-0.2, 0) is 0 Å². The number of rotatable bonds is 6. The van der Waals surface area contributed by atoms with Crippen LogP contribution in [-0.4, -0.2) is 25.2 Å². The van der Waals surface area contributed by atoms with Crippen molar-refractivity contribution in [2.45, 2.75) is 32.7 Å². The summed E-state index contributed by atoms with van der Waals surface area (Å²) in [5, 5.41) is 3.23. The number of benzene rings is 1. The van der Waals surface area contributed by atoms with Crippen LogP contribution in [0.4, 0.5) is 0 Å². The van der Waals surface area contributed by atoms with Gasteiger partial charge in [-0.25, -0.2) is 0 Å². The molecule has 1 aliphatic rings. The molecule has 1 aliphatic heterocycles. The van der Waals surface area contributed by atoms with E-state index in [1.165, 1.54) is 0 Å². The van der Waals surface area contributed by atoms with Crippen LogP contribution in [0.3, 0.4) is 0 Å². The maximum atomic E-state index is 12.2. The van der Waals surface area contributed by atoms with Gasteiger partial charge in [0.05, 0.1) is 6.04 Å². The van der Waals surface area contributed by atoms with Crippen LogP contribution in [0.2, 0.25) is 0 Å². The first kappa shape index (κ1) is 12.9. The van der Waals surface area contributed by atoms with E-state index in [1.807, 2.05) is 6.92 Å². The van der Waals surface area contributed by atoms with Crippen LogP contribution in [0, 0.1) is 0 Å². The molecule has 18 heavy (non-hydrogen) atoms. The highest BCUT2D eigenvalue weighted by atomic mass is 16.7. The first-order valence-electron chi connectivity index (χ1n) is 6.39. The molecule has 0 bridgehead atoms. The van der Waals surface area contributed by atoms with Gasteiger partial charge in [-0.3, -0.25) is 4.79 Å². The molecule has 0 saturated heterocycles. The van der Waals surface area contributed by atoms with E-state index >= 15 is 0 Å². The second-order valence-corrected chi connectivity index (χ2v) is 4.46. The number of unbranched alkanes of at least 4 members (excludes halogenated alkanes) is 1. The Bertz CT molecular complexity index is 431. The summed E-state index contributed by atoms with van der Waals surface area (Å²) in [6.45, 7) is 5.12. The van der Waals surface area contributed by atoms with Gasteiger partial charge in [-0.05, 0) is 38.1 Å². The number of nitrogens with one attached hydrogen (secondary N) is 1. The zero-order valence-electron chi connectivity index (χ0n) is 10.9. The van der Waals surface area contributed by atoms with E-state index in [4.69, 9.17) is 9.47 Å². The van der Waals surface area contributed by atoms with Crippen molar-refractivity contribution in [3.05, 3.63) is 23.8 Å². The molecule has 0 radical (unpaired) electrons. The van der Waals surface area contributed by atoms with Gasteiger partial charge in [-0.2, -0.15) is 0 Å². The van der Waals surface area contributed by atoms with E-state index in [0.717, 1.165) is 19.4 Å². The molecule has 0 amide bonds. The van der Waals surface area contributed by atoms with Gasteiger partial charge in [0.25, 0.3) is 0 Å². The van der Waals surface area contributed by atoms with Gasteiger partial charge in [-0.15, -0.1) is 0 Å². The smallest absolute Gasteiger partial charge is 0.231 e. The molecular formula is C14H19NO3. The Morgan fingerprint density at radius 3 is 2.94 bits per heavy atom. The number of Topliss-reactive ketones (excluding diaryl/α,β-unsaturated/α-hetero) is 1. The summed E-state index contributed by atoms with van der Waals surface area (Å²) in [6.07, 6.45) is 2.21. The van der Waals surface area contributed by atoms with Crippen molar-refractivity contribution in [1.82, 2.24) is 5.32 Å². The van der Waals surface area contributed by atoms with Crippen LogP contribution in [0.1, 0.15) is 37.0 Å². The molecule has 1 aromatic carbocycles. The molecule has 1 unspecified atom stereocenters. The number of ketones is 1. The second-order valence-electron chi connectivity index (χ2n) is 4.46. The molecule has 2 rings (SSSR count). The number of carbonyl (C=O) groups is 1. The molecule has 98 valence electrons. The molecule has 0 aromatic heterocycles. The van der Waals surface area contributed by atoms with Crippen LogP contribution in [0.5, 0.6) is 11.5 Å². The summed E-state index contributed by atoms with van der Waals surface area (Å²) in [5.41, 5.74) is 0.663. The van der Waals surface area contributed by atoms with Crippen molar-refractivity contribution in [2.75, 3.05) is 13.3 Å². The van der Waals surface area contributed by atoms with Crippen molar-refractivity contribution in [3.63, 3.8) is 0 Å². The van der Waals surface area contributed by atoms with Crippen LogP contribution in [0.25, 0.3) is 0 Å².